The maximum Gasteiger partial charge on any atom is 0.333 e. The Bertz CT molecular complexity index is 293. The SMILES string of the molecule is C=C(C)C(=O)OC[C@@H](O)[C@H](O)[C@H](O)[C@@H](N)C=O. The van der Waals surface area contributed by atoms with Crippen LogP contribution in [0.1, 0.15) is 6.92 Å². The van der Waals surface area contributed by atoms with Crippen molar-refractivity contribution in [3.05, 3.63) is 12.2 Å². The van der Waals surface area contributed by atoms with E-state index < -0.39 is 36.9 Å². The van der Waals surface area contributed by atoms with E-state index in [0.717, 1.165) is 0 Å². The van der Waals surface area contributed by atoms with E-state index in [2.05, 4.69) is 11.3 Å². The molecule has 0 aromatic rings. The van der Waals surface area contributed by atoms with E-state index in [0.29, 0.717) is 0 Å². The molecule has 5 N–H and O–H groups in total. The van der Waals surface area contributed by atoms with Crippen molar-refractivity contribution in [3.8, 4) is 0 Å². The molecule has 17 heavy (non-hydrogen) atoms. The highest BCUT2D eigenvalue weighted by atomic mass is 16.5. The average Bonchev–Trinajstić information content (AvgIpc) is 2.32. The first kappa shape index (κ1) is 15.7. The van der Waals surface area contributed by atoms with Gasteiger partial charge in [0.25, 0.3) is 0 Å². The van der Waals surface area contributed by atoms with Crippen LogP contribution in [0.4, 0.5) is 0 Å². The van der Waals surface area contributed by atoms with Crippen LogP contribution in [0.25, 0.3) is 0 Å². The normalized spacial score (nSPS) is 17.7. The van der Waals surface area contributed by atoms with Gasteiger partial charge in [0, 0.05) is 5.57 Å². The summed E-state index contributed by atoms with van der Waals surface area (Å²) in [5.41, 5.74) is 5.28. The zero-order valence-electron chi connectivity index (χ0n) is 9.44. The molecule has 0 bridgehead atoms. The molecule has 0 unspecified atom stereocenters. The van der Waals surface area contributed by atoms with Crippen molar-refractivity contribution in [1.82, 2.24) is 0 Å². The number of nitrogens with two attached hydrogens (primary N) is 1. The highest BCUT2D eigenvalue weighted by Crippen LogP contribution is 2.04. The number of carbonyl (C=O) groups is 2. The first-order valence-corrected chi connectivity index (χ1v) is 4.89. The van der Waals surface area contributed by atoms with E-state index in [1.807, 2.05) is 0 Å². The summed E-state index contributed by atoms with van der Waals surface area (Å²) in [5.74, 6) is -0.731. The van der Waals surface area contributed by atoms with Gasteiger partial charge in [-0.15, -0.1) is 0 Å². The van der Waals surface area contributed by atoms with Crippen LogP contribution in [0, 0.1) is 0 Å². The fourth-order valence-electron chi connectivity index (χ4n) is 0.919. The van der Waals surface area contributed by atoms with Gasteiger partial charge in [0.05, 0.1) is 6.04 Å². The van der Waals surface area contributed by atoms with E-state index in [9.17, 15) is 24.9 Å². The summed E-state index contributed by atoms with van der Waals surface area (Å²) in [5, 5.41) is 28.1. The lowest BCUT2D eigenvalue weighted by Crippen LogP contribution is -2.50. The van der Waals surface area contributed by atoms with Crippen molar-refractivity contribution >= 4 is 12.3 Å². The minimum atomic E-state index is -1.69. The summed E-state index contributed by atoms with van der Waals surface area (Å²) < 4.78 is 4.56. The van der Waals surface area contributed by atoms with Gasteiger partial charge < -0.3 is 30.6 Å². The number of carbonyl (C=O) groups excluding carboxylic acids is 2. The van der Waals surface area contributed by atoms with Crippen molar-refractivity contribution in [2.24, 2.45) is 5.73 Å². The molecule has 0 aliphatic carbocycles. The Kier molecular flexibility index (Phi) is 6.59. The Morgan fingerprint density at radius 3 is 2.35 bits per heavy atom. The smallest absolute Gasteiger partial charge is 0.333 e. The van der Waals surface area contributed by atoms with E-state index in [1.165, 1.54) is 6.92 Å². The molecule has 7 nitrogen and oxygen atoms in total. The predicted octanol–water partition coefficient (Wildman–Crippen LogP) is -2.29. The van der Waals surface area contributed by atoms with E-state index >= 15 is 0 Å². The monoisotopic (exact) mass is 247 g/mol. The molecule has 0 fully saturated rings. The summed E-state index contributed by atoms with van der Waals surface area (Å²) in [4.78, 5) is 21.2. The van der Waals surface area contributed by atoms with Gasteiger partial charge >= 0.3 is 5.97 Å². The molecule has 0 amide bonds. The summed E-state index contributed by atoms with van der Waals surface area (Å²) in [6.45, 7) is 4.21. The molecular formula is C10H17NO6. The highest BCUT2D eigenvalue weighted by molar-refractivity contribution is 5.86. The van der Waals surface area contributed by atoms with Crippen LogP contribution in [0.15, 0.2) is 12.2 Å². The maximum absolute atomic E-state index is 11.0. The topological polar surface area (TPSA) is 130 Å². The van der Waals surface area contributed by atoms with E-state index in [1.54, 1.807) is 0 Å². The van der Waals surface area contributed by atoms with Crippen LogP contribution in [0.2, 0.25) is 0 Å². The van der Waals surface area contributed by atoms with Crippen LogP contribution in [0.3, 0.4) is 0 Å². The van der Waals surface area contributed by atoms with Crippen LogP contribution >= 0.6 is 0 Å². The molecule has 0 saturated heterocycles. The second-order valence-electron chi connectivity index (χ2n) is 3.64. The lowest BCUT2D eigenvalue weighted by atomic mass is 10.0. The van der Waals surface area contributed by atoms with Crippen molar-refractivity contribution < 1.29 is 29.6 Å². The summed E-state index contributed by atoms with van der Waals surface area (Å²) in [7, 11) is 0. The number of aliphatic hydroxyl groups is 3. The van der Waals surface area contributed by atoms with Crippen LogP contribution < -0.4 is 5.73 Å². The Labute approximate surface area is 98.5 Å². The first-order chi connectivity index (χ1) is 7.81. The lowest BCUT2D eigenvalue weighted by Gasteiger charge is -2.24. The molecule has 0 rings (SSSR count). The zero-order valence-corrected chi connectivity index (χ0v) is 9.44. The maximum atomic E-state index is 11.0. The summed E-state index contributed by atoms with van der Waals surface area (Å²) in [6, 6.07) is -1.32. The largest absolute Gasteiger partial charge is 0.459 e. The Hall–Kier alpha value is -1.28. The van der Waals surface area contributed by atoms with Crippen LogP contribution in [-0.4, -0.2) is 58.5 Å². The summed E-state index contributed by atoms with van der Waals surface area (Å²) in [6.07, 6.45) is -4.63. The van der Waals surface area contributed by atoms with Gasteiger partial charge in [-0.2, -0.15) is 0 Å². The summed E-state index contributed by atoms with van der Waals surface area (Å²) >= 11 is 0. The van der Waals surface area contributed by atoms with Crippen molar-refractivity contribution in [1.29, 1.82) is 0 Å². The molecule has 0 heterocycles. The third-order valence-electron chi connectivity index (χ3n) is 2.03. The van der Waals surface area contributed by atoms with Crippen molar-refractivity contribution in [3.63, 3.8) is 0 Å². The predicted molar refractivity (Wildman–Crippen MR) is 57.8 cm³/mol. The van der Waals surface area contributed by atoms with Gasteiger partial charge in [0.2, 0.25) is 0 Å². The molecule has 0 aromatic carbocycles. The Balaban J connectivity index is 4.22. The fourth-order valence-corrected chi connectivity index (χ4v) is 0.919. The van der Waals surface area contributed by atoms with Gasteiger partial charge in [-0.05, 0) is 6.92 Å². The average molecular weight is 247 g/mol. The quantitative estimate of drug-likeness (QED) is 0.226. The second-order valence-corrected chi connectivity index (χ2v) is 3.64. The Morgan fingerprint density at radius 2 is 1.94 bits per heavy atom. The van der Waals surface area contributed by atoms with Crippen molar-refractivity contribution in [2.45, 2.75) is 31.3 Å². The number of rotatable bonds is 7. The van der Waals surface area contributed by atoms with Gasteiger partial charge in [-0.25, -0.2) is 4.79 Å². The third kappa shape index (κ3) is 5.05. The lowest BCUT2D eigenvalue weighted by molar-refractivity contribution is -0.148. The molecular weight excluding hydrogens is 230 g/mol. The second kappa shape index (κ2) is 7.13. The molecule has 98 valence electrons. The van der Waals surface area contributed by atoms with Gasteiger partial charge in [0.1, 0.15) is 31.2 Å². The van der Waals surface area contributed by atoms with Crippen LogP contribution in [0.5, 0.6) is 0 Å². The molecule has 0 saturated carbocycles. The van der Waals surface area contributed by atoms with Gasteiger partial charge in [-0.3, -0.25) is 0 Å². The number of hydrogen-bond acceptors (Lipinski definition) is 7. The number of esters is 1. The highest BCUT2D eigenvalue weighted by Gasteiger charge is 2.30. The van der Waals surface area contributed by atoms with Crippen molar-refractivity contribution in [2.75, 3.05) is 6.61 Å². The molecule has 0 aliphatic heterocycles. The minimum Gasteiger partial charge on any atom is -0.459 e. The molecule has 0 aliphatic rings. The molecule has 0 radical (unpaired) electrons. The van der Waals surface area contributed by atoms with E-state index in [-0.39, 0.29) is 11.9 Å². The minimum absolute atomic E-state index is 0.136. The fraction of sp³-hybridized carbons (Fsp3) is 0.600. The number of aldehydes is 1. The zero-order chi connectivity index (χ0) is 13.6. The number of aliphatic hydroxyl groups excluding tert-OH is 3. The number of ether oxygens (including phenoxy) is 1. The first-order valence-electron chi connectivity index (χ1n) is 4.89. The molecule has 0 spiro atoms. The standard InChI is InChI=1S/C10H17NO6/c1-5(2)10(16)17-4-7(13)9(15)8(14)6(11)3-12/h3,6-9,13-15H,1,4,11H2,2H3/t6-,7+,8+,9-/m0/s1. The van der Waals surface area contributed by atoms with Crippen LogP contribution in [-0.2, 0) is 14.3 Å². The number of hydrogen-bond donors (Lipinski definition) is 4. The van der Waals surface area contributed by atoms with Gasteiger partial charge in [-0.1, -0.05) is 6.58 Å². The molecule has 0 aromatic heterocycles. The molecule has 4 atom stereocenters. The molecule has 7 heteroatoms. The third-order valence-corrected chi connectivity index (χ3v) is 2.03. The van der Waals surface area contributed by atoms with Gasteiger partial charge in [0.15, 0.2) is 0 Å². The Morgan fingerprint density at radius 1 is 1.41 bits per heavy atom. The van der Waals surface area contributed by atoms with E-state index in [4.69, 9.17) is 5.73 Å².